The predicted molar refractivity (Wildman–Crippen MR) is 158 cm³/mol. The van der Waals surface area contributed by atoms with E-state index in [0.717, 1.165) is 49.0 Å². The van der Waals surface area contributed by atoms with Crippen LogP contribution in [0.1, 0.15) is 33.0 Å². The van der Waals surface area contributed by atoms with Crippen molar-refractivity contribution in [3.05, 3.63) is 125 Å². The average Bonchev–Trinajstić information content (AvgIpc) is 3.68. The predicted octanol–water partition coefficient (Wildman–Crippen LogP) is 5.68. The van der Waals surface area contributed by atoms with Crippen molar-refractivity contribution < 1.29 is 18.7 Å². The van der Waals surface area contributed by atoms with Gasteiger partial charge in [0.15, 0.2) is 17.3 Å². The molecule has 0 saturated carbocycles. The Hall–Kier alpha value is -4.33. The van der Waals surface area contributed by atoms with Gasteiger partial charge >= 0.3 is 0 Å². The van der Waals surface area contributed by atoms with Crippen molar-refractivity contribution in [2.45, 2.75) is 19.6 Å². The zero-order valence-corrected chi connectivity index (χ0v) is 23.2. The summed E-state index contributed by atoms with van der Waals surface area (Å²) in [5.74, 6) is 2.69. The number of ether oxygens (including phenoxy) is 2. The smallest absolute Gasteiger partial charge is 0.289 e. The second-order valence-electron chi connectivity index (χ2n) is 10.5. The quantitative estimate of drug-likeness (QED) is 0.254. The van der Waals surface area contributed by atoms with Gasteiger partial charge in [-0.3, -0.25) is 14.6 Å². The van der Waals surface area contributed by atoms with Crippen LogP contribution >= 0.6 is 0 Å². The van der Waals surface area contributed by atoms with Gasteiger partial charge in [-0.25, -0.2) is 0 Å². The van der Waals surface area contributed by atoms with Crippen molar-refractivity contribution in [1.82, 2.24) is 14.7 Å². The van der Waals surface area contributed by atoms with E-state index in [-0.39, 0.29) is 12.7 Å². The number of benzene rings is 3. The lowest BCUT2D eigenvalue weighted by atomic mass is 10.1. The highest BCUT2D eigenvalue weighted by Gasteiger charge is 2.24. The molecule has 210 valence electrons. The highest BCUT2D eigenvalue weighted by molar-refractivity contribution is 5.91. The third-order valence-corrected chi connectivity index (χ3v) is 7.48. The number of hydrogen-bond acceptors (Lipinski definition) is 6. The van der Waals surface area contributed by atoms with Gasteiger partial charge in [0.2, 0.25) is 6.79 Å². The Morgan fingerprint density at radius 1 is 0.756 bits per heavy atom. The van der Waals surface area contributed by atoms with Crippen LogP contribution < -0.4 is 9.47 Å². The molecule has 3 heterocycles. The van der Waals surface area contributed by atoms with E-state index in [9.17, 15) is 4.79 Å². The van der Waals surface area contributed by atoms with Crippen LogP contribution in [0.4, 0.5) is 0 Å². The fraction of sp³-hybridized carbons (Fsp3) is 0.265. The van der Waals surface area contributed by atoms with Crippen LogP contribution in [0.25, 0.3) is 6.08 Å². The first-order chi connectivity index (χ1) is 20.2. The lowest BCUT2D eigenvalue weighted by Crippen LogP contribution is -2.48. The largest absolute Gasteiger partial charge is 0.455 e. The van der Waals surface area contributed by atoms with Gasteiger partial charge < -0.3 is 18.8 Å². The molecule has 0 radical (unpaired) electrons. The number of furan rings is 1. The lowest BCUT2D eigenvalue weighted by Gasteiger charge is -2.33. The van der Waals surface area contributed by atoms with E-state index in [4.69, 9.17) is 13.9 Å². The molecule has 3 aromatic carbocycles. The molecule has 1 fully saturated rings. The first-order valence-corrected chi connectivity index (χ1v) is 14.2. The second-order valence-corrected chi connectivity index (χ2v) is 10.5. The maximum absolute atomic E-state index is 13.3. The molecule has 6 rings (SSSR count). The number of piperazine rings is 1. The maximum Gasteiger partial charge on any atom is 0.289 e. The molecule has 0 aliphatic carbocycles. The van der Waals surface area contributed by atoms with Gasteiger partial charge in [-0.1, -0.05) is 78.9 Å². The minimum absolute atomic E-state index is 0.0406. The topological polar surface area (TPSA) is 58.4 Å². The summed E-state index contributed by atoms with van der Waals surface area (Å²) in [4.78, 5) is 19.8. The molecule has 41 heavy (non-hydrogen) atoms. The molecule has 7 heteroatoms. The Morgan fingerprint density at radius 3 is 2.29 bits per heavy atom. The van der Waals surface area contributed by atoms with E-state index in [1.807, 2.05) is 53.4 Å². The molecule has 4 aromatic rings. The van der Waals surface area contributed by atoms with E-state index < -0.39 is 0 Å². The van der Waals surface area contributed by atoms with E-state index >= 15 is 0 Å². The van der Waals surface area contributed by atoms with Crippen molar-refractivity contribution in [3.8, 4) is 11.5 Å². The van der Waals surface area contributed by atoms with E-state index in [1.54, 1.807) is 0 Å². The Bertz CT molecular complexity index is 1460. The zero-order chi connectivity index (χ0) is 27.9. The van der Waals surface area contributed by atoms with Crippen LogP contribution in [0.3, 0.4) is 0 Å². The third kappa shape index (κ3) is 7.06. The SMILES string of the molecule is O=C(c1ccc(CN(Cc2ccccc2)Cc2ccc3c(c2)OCO3)o1)N1CCN(C/C=C/c2ccccc2)CC1. The maximum atomic E-state index is 13.3. The number of hydrogen-bond donors (Lipinski definition) is 0. The summed E-state index contributed by atoms with van der Waals surface area (Å²) in [5, 5.41) is 0. The number of rotatable bonds is 10. The van der Waals surface area contributed by atoms with Gasteiger partial charge in [0, 0.05) is 45.8 Å². The molecule has 0 bridgehead atoms. The Labute approximate surface area is 241 Å². The molecular formula is C34H35N3O4. The number of carbonyl (C=O) groups excluding carboxylic acids is 1. The van der Waals surface area contributed by atoms with Gasteiger partial charge in [-0.2, -0.15) is 0 Å². The minimum atomic E-state index is -0.0406. The van der Waals surface area contributed by atoms with Gasteiger partial charge in [-0.15, -0.1) is 0 Å². The number of fused-ring (bicyclic) bond motifs is 1. The molecule has 0 spiro atoms. The zero-order valence-electron chi connectivity index (χ0n) is 23.2. The van der Waals surface area contributed by atoms with E-state index in [1.165, 1.54) is 11.1 Å². The third-order valence-electron chi connectivity index (χ3n) is 7.48. The Morgan fingerprint density at radius 2 is 1.49 bits per heavy atom. The fourth-order valence-electron chi connectivity index (χ4n) is 5.30. The molecule has 2 aliphatic rings. The van der Waals surface area contributed by atoms with Crippen molar-refractivity contribution in [3.63, 3.8) is 0 Å². The number of nitrogens with zero attached hydrogens (tertiary/aromatic N) is 3. The van der Waals surface area contributed by atoms with Gasteiger partial charge in [0.1, 0.15) is 5.76 Å². The van der Waals surface area contributed by atoms with Gasteiger partial charge in [0.25, 0.3) is 5.91 Å². The summed E-state index contributed by atoms with van der Waals surface area (Å²) in [6.45, 7) is 6.25. The number of carbonyl (C=O) groups is 1. The summed E-state index contributed by atoms with van der Waals surface area (Å²) < 4.78 is 17.2. The van der Waals surface area contributed by atoms with Crippen LogP contribution in [0.5, 0.6) is 11.5 Å². The highest BCUT2D eigenvalue weighted by Crippen LogP contribution is 2.33. The van der Waals surface area contributed by atoms with E-state index in [2.05, 4.69) is 64.4 Å². The first-order valence-electron chi connectivity index (χ1n) is 14.2. The molecule has 0 N–H and O–H groups in total. The van der Waals surface area contributed by atoms with Crippen LogP contribution in [0.15, 0.2) is 101 Å². The van der Waals surface area contributed by atoms with E-state index in [0.29, 0.717) is 31.9 Å². The molecular weight excluding hydrogens is 514 g/mol. The van der Waals surface area contributed by atoms with Crippen LogP contribution in [0.2, 0.25) is 0 Å². The van der Waals surface area contributed by atoms with Crippen molar-refractivity contribution in [2.75, 3.05) is 39.5 Å². The minimum Gasteiger partial charge on any atom is -0.455 e. The Balaban J connectivity index is 1.05. The molecule has 1 aromatic heterocycles. The molecule has 1 amide bonds. The molecule has 0 atom stereocenters. The Kier molecular flexibility index (Phi) is 8.45. The summed E-state index contributed by atoms with van der Waals surface area (Å²) >= 11 is 0. The first kappa shape index (κ1) is 26.9. The average molecular weight is 550 g/mol. The van der Waals surface area contributed by atoms with Gasteiger partial charge in [-0.05, 0) is 41.0 Å². The lowest BCUT2D eigenvalue weighted by molar-refractivity contribution is 0.0615. The summed E-state index contributed by atoms with van der Waals surface area (Å²) in [6.07, 6.45) is 4.34. The fourth-order valence-corrected chi connectivity index (χ4v) is 5.30. The number of amides is 1. The summed E-state index contributed by atoms with van der Waals surface area (Å²) in [7, 11) is 0. The van der Waals surface area contributed by atoms with Crippen LogP contribution in [0, 0.1) is 0 Å². The molecule has 2 aliphatic heterocycles. The van der Waals surface area contributed by atoms with Gasteiger partial charge in [0.05, 0.1) is 6.54 Å². The van der Waals surface area contributed by atoms with Crippen LogP contribution in [-0.4, -0.2) is 60.1 Å². The second kappa shape index (κ2) is 12.9. The molecule has 1 saturated heterocycles. The van der Waals surface area contributed by atoms with Crippen molar-refractivity contribution >= 4 is 12.0 Å². The summed E-state index contributed by atoms with van der Waals surface area (Å²) in [5.41, 5.74) is 3.55. The van der Waals surface area contributed by atoms with Crippen molar-refractivity contribution in [1.29, 1.82) is 0 Å². The summed E-state index contributed by atoms with van der Waals surface area (Å²) in [6, 6.07) is 30.5. The monoisotopic (exact) mass is 549 g/mol. The molecule has 7 nitrogen and oxygen atoms in total. The highest BCUT2D eigenvalue weighted by atomic mass is 16.7. The normalized spacial score (nSPS) is 15.2. The van der Waals surface area contributed by atoms with Crippen LogP contribution in [-0.2, 0) is 19.6 Å². The standard InChI is InChI=1S/C34H35N3O4/c38-34(37-20-18-35(19-21-37)17-7-12-27-8-3-1-4-9-27)32-16-14-30(41-32)25-36(23-28-10-5-2-6-11-28)24-29-13-15-31-33(22-29)40-26-39-31/h1-16,22H,17-21,23-26H2/b12-7+. The van der Waals surface area contributed by atoms with Crippen molar-refractivity contribution in [2.24, 2.45) is 0 Å². The molecule has 0 unspecified atom stereocenters.